The number of anilines is 2. The number of nitriles is 1. The van der Waals surface area contributed by atoms with Gasteiger partial charge in [-0.25, -0.2) is 0 Å². The lowest BCUT2D eigenvalue weighted by Crippen LogP contribution is -2.30. The number of nitrogens with one attached hydrogen (secondary N) is 2. The van der Waals surface area contributed by atoms with E-state index in [0.717, 1.165) is 32.6 Å². The average Bonchev–Trinajstić information content (AvgIpc) is 3.56. The highest BCUT2D eigenvalue weighted by atomic mass is 35.5. The molecule has 2 aliphatic heterocycles. The number of fused-ring (bicyclic) bond motifs is 1. The smallest absolute Gasteiger partial charge is 0.163 e. The van der Waals surface area contributed by atoms with Gasteiger partial charge in [-0.1, -0.05) is 23.2 Å². The number of likely N-dealkylation sites (tertiary alicyclic amines) is 1. The fourth-order valence-corrected chi connectivity index (χ4v) is 5.95. The molecule has 10 heteroatoms. The zero-order chi connectivity index (χ0) is 26.7. The normalized spacial score (nSPS) is 19.1. The Bertz CT molecular complexity index is 1370. The van der Waals surface area contributed by atoms with E-state index in [9.17, 15) is 5.26 Å². The van der Waals surface area contributed by atoms with Crippen LogP contribution in [0.3, 0.4) is 0 Å². The van der Waals surface area contributed by atoms with Crippen molar-refractivity contribution in [3.05, 3.63) is 46.1 Å². The lowest BCUT2D eigenvalue weighted by atomic mass is 9.87. The van der Waals surface area contributed by atoms with Crippen molar-refractivity contribution in [1.29, 1.82) is 5.26 Å². The number of hydrogen-bond acceptors (Lipinski definition) is 8. The van der Waals surface area contributed by atoms with Gasteiger partial charge in [0.2, 0.25) is 0 Å². The van der Waals surface area contributed by atoms with Crippen molar-refractivity contribution in [2.45, 2.75) is 19.3 Å². The van der Waals surface area contributed by atoms with Crippen molar-refractivity contribution in [2.24, 2.45) is 5.41 Å². The SMILES string of the molecule is COc1cc(Nc2c(C#N)cnc3cc(OCCCN4CCC5(CCNC5)C4)c(OC)cc23)c(Cl)cc1Cl. The number of hydrogen-bond donors (Lipinski definition) is 2. The van der Waals surface area contributed by atoms with Gasteiger partial charge in [-0.2, -0.15) is 5.26 Å². The van der Waals surface area contributed by atoms with Gasteiger partial charge in [0, 0.05) is 43.4 Å². The van der Waals surface area contributed by atoms with Crippen molar-refractivity contribution < 1.29 is 14.2 Å². The van der Waals surface area contributed by atoms with Crippen molar-refractivity contribution in [2.75, 3.05) is 58.9 Å². The molecule has 1 aromatic heterocycles. The Balaban J connectivity index is 1.33. The Labute approximate surface area is 232 Å². The zero-order valence-corrected chi connectivity index (χ0v) is 23.1. The number of ether oxygens (including phenoxy) is 3. The maximum atomic E-state index is 9.78. The second-order valence-electron chi connectivity index (χ2n) is 9.93. The molecule has 38 heavy (non-hydrogen) atoms. The summed E-state index contributed by atoms with van der Waals surface area (Å²) in [5.74, 6) is 1.65. The molecule has 2 aliphatic rings. The molecule has 2 fully saturated rings. The molecule has 2 saturated heterocycles. The van der Waals surface area contributed by atoms with Crippen LogP contribution in [0.15, 0.2) is 30.5 Å². The molecule has 1 atom stereocenters. The van der Waals surface area contributed by atoms with E-state index < -0.39 is 0 Å². The monoisotopic (exact) mass is 555 g/mol. The summed E-state index contributed by atoms with van der Waals surface area (Å²) in [4.78, 5) is 7.05. The lowest BCUT2D eigenvalue weighted by Gasteiger charge is -2.22. The maximum absolute atomic E-state index is 9.78. The minimum Gasteiger partial charge on any atom is -0.495 e. The molecule has 0 radical (unpaired) electrons. The van der Waals surface area contributed by atoms with Crippen molar-refractivity contribution in [1.82, 2.24) is 15.2 Å². The molecule has 3 heterocycles. The van der Waals surface area contributed by atoms with Gasteiger partial charge in [0.1, 0.15) is 11.8 Å². The number of benzene rings is 2. The number of halogens is 2. The van der Waals surface area contributed by atoms with Crippen LogP contribution < -0.4 is 24.8 Å². The van der Waals surface area contributed by atoms with E-state index in [4.69, 9.17) is 37.4 Å². The summed E-state index contributed by atoms with van der Waals surface area (Å²) in [7, 11) is 3.13. The number of methoxy groups -OCH3 is 2. The second kappa shape index (κ2) is 11.4. The van der Waals surface area contributed by atoms with Gasteiger partial charge in [-0.3, -0.25) is 4.98 Å². The quantitative estimate of drug-likeness (QED) is 0.328. The molecule has 0 aliphatic carbocycles. The molecule has 2 aromatic carbocycles. The van der Waals surface area contributed by atoms with Gasteiger partial charge in [0.25, 0.3) is 0 Å². The summed E-state index contributed by atoms with van der Waals surface area (Å²) in [6.07, 6.45) is 5.02. The van der Waals surface area contributed by atoms with Crippen molar-refractivity contribution in [3.8, 4) is 23.3 Å². The Morgan fingerprint density at radius 2 is 1.95 bits per heavy atom. The van der Waals surface area contributed by atoms with Crippen molar-refractivity contribution >= 4 is 45.5 Å². The van der Waals surface area contributed by atoms with Crippen LogP contribution in [0.25, 0.3) is 10.9 Å². The summed E-state index contributed by atoms with van der Waals surface area (Å²) in [6.45, 7) is 6.20. The van der Waals surface area contributed by atoms with E-state index in [-0.39, 0.29) is 0 Å². The van der Waals surface area contributed by atoms with E-state index in [1.54, 1.807) is 19.2 Å². The van der Waals surface area contributed by atoms with Gasteiger partial charge in [0.15, 0.2) is 11.5 Å². The van der Waals surface area contributed by atoms with Crippen LogP contribution in [-0.4, -0.2) is 63.4 Å². The second-order valence-corrected chi connectivity index (χ2v) is 10.7. The van der Waals surface area contributed by atoms with Gasteiger partial charge in [-0.05, 0) is 49.9 Å². The first kappa shape index (κ1) is 26.6. The molecule has 3 aromatic rings. The highest BCUT2D eigenvalue weighted by Gasteiger charge is 2.39. The van der Waals surface area contributed by atoms with E-state index in [2.05, 4.69) is 26.6 Å². The van der Waals surface area contributed by atoms with Crippen LogP contribution in [0.4, 0.5) is 11.4 Å². The molecule has 200 valence electrons. The summed E-state index contributed by atoms with van der Waals surface area (Å²) in [5, 5.41) is 18.1. The molecule has 2 N–H and O–H groups in total. The van der Waals surface area contributed by atoms with Gasteiger partial charge in [0.05, 0.1) is 53.3 Å². The predicted octanol–water partition coefficient (Wildman–Crippen LogP) is 5.63. The number of nitrogens with zero attached hydrogens (tertiary/aromatic N) is 3. The van der Waals surface area contributed by atoms with Crippen LogP contribution in [0.2, 0.25) is 10.0 Å². The predicted molar refractivity (Wildman–Crippen MR) is 150 cm³/mol. The minimum atomic E-state index is 0.360. The standard InChI is InChI=1S/C28H31Cl2N5O3/c1-36-24-13-23(20(29)11-21(24)30)34-27-18(14-31)15-33-22-12-26(25(37-2)10-19(22)27)38-9-3-7-35-8-5-28(17-35)4-6-32-16-28/h10-13,15,32H,3-9,16-17H2,1-2H3,(H,33,34). The number of rotatable bonds is 9. The largest absolute Gasteiger partial charge is 0.495 e. The van der Waals surface area contributed by atoms with Crippen LogP contribution in [0, 0.1) is 16.7 Å². The van der Waals surface area contributed by atoms with Crippen LogP contribution in [0.1, 0.15) is 24.8 Å². The maximum Gasteiger partial charge on any atom is 0.163 e. The minimum absolute atomic E-state index is 0.360. The Morgan fingerprint density at radius 1 is 1.11 bits per heavy atom. The van der Waals surface area contributed by atoms with E-state index >= 15 is 0 Å². The zero-order valence-electron chi connectivity index (χ0n) is 21.6. The molecule has 0 bridgehead atoms. The molecule has 1 spiro atoms. The Morgan fingerprint density at radius 3 is 2.68 bits per heavy atom. The third kappa shape index (κ3) is 5.43. The van der Waals surface area contributed by atoms with Crippen LogP contribution >= 0.6 is 23.2 Å². The van der Waals surface area contributed by atoms with Gasteiger partial charge >= 0.3 is 0 Å². The fourth-order valence-electron chi connectivity index (χ4n) is 5.44. The van der Waals surface area contributed by atoms with Crippen LogP contribution in [0.5, 0.6) is 17.2 Å². The first-order chi connectivity index (χ1) is 18.4. The fraction of sp³-hybridized carbons (Fsp3) is 0.429. The van der Waals surface area contributed by atoms with E-state index in [0.29, 0.717) is 67.2 Å². The van der Waals surface area contributed by atoms with E-state index in [1.807, 2.05) is 12.1 Å². The Hall–Kier alpha value is -2.96. The first-order valence-corrected chi connectivity index (χ1v) is 13.5. The molecular formula is C28H31Cl2N5O3. The Kier molecular flexibility index (Phi) is 8.01. The number of aromatic nitrogens is 1. The summed E-state index contributed by atoms with van der Waals surface area (Å²) < 4.78 is 17.1. The van der Waals surface area contributed by atoms with Gasteiger partial charge < -0.3 is 29.7 Å². The van der Waals surface area contributed by atoms with Crippen LogP contribution in [-0.2, 0) is 0 Å². The number of pyridine rings is 1. The third-order valence-electron chi connectivity index (χ3n) is 7.50. The third-order valence-corrected chi connectivity index (χ3v) is 8.11. The molecule has 0 amide bonds. The average molecular weight is 556 g/mol. The summed E-state index contributed by atoms with van der Waals surface area (Å²) in [5.41, 5.74) is 2.60. The molecule has 8 nitrogen and oxygen atoms in total. The van der Waals surface area contributed by atoms with Crippen molar-refractivity contribution in [3.63, 3.8) is 0 Å². The topological polar surface area (TPSA) is 91.7 Å². The van der Waals surface area contributed by atoms with Gasteiger partial charge in [-0.15, -0.1) is 0 Å². The summed E-state index contributed by atoms with van der Waals surface area (Å²) >= 11 is 12.6. The molecule has 0 saturated carbocycles. The van der Waals surface area contributed by atoms with E-state index in [1.165, 1.54) is 32.7 Å². The molecule has 5 rings (SSSR count). The highest BCUT2D eigenvalue weighted by molar-refractivity contribution is 6.37. The first-order valence-electron chi connectivity index (χ1n) is 12.7. The molecular weight excluding hydrogens is 525 g/mol. The lowest BCUT2D eigenvalue weighted by molar-refractivity contribution is 0.236. The molecule has 1 unspecified atom stereocenters. The summed E-state index contributed by atoms with van der Waals surface area (Å²) in [6, 6.07) is 9.17. The highest BCUT2D eigenvalue weighted by Crippen LogP contribution is 2.41.